The van der Waals surface area contributed by atoms with Crippen molar-refractivity contribution >= 4 is 31.3 Å². The second kappa shape index (κ2) is 6.93. The molecule has 1 aliphatic rings. The van der Waals surface area contributed by atoms with Gasteiger partial charge in [0.15, 0.2) is 19.7 Å². The van der Waals surface area contributed by atoms with Crippen molar-refractivity contribution < 1.29 is 26.6 Å². The van der Waals surface area contributed by atoms with Crippen LogP contribution in [-0.4, -0.2) is 75.6 Å². The number of sulfone groups is 2. The fourth-order valence-corrected chi connectivity index (χ4v) is 5.40. The highest BCUT2D eigenvalue weighted by Gasteiger charge is 2.37. The fraction of sp³-hybridized carbons (Fsp3) is 0.500. The first-order valence-corrected chi connectivity index (χ1v) is 11.2. The summed E-state index contributed by atoms with van der Waals surface area (Å²) in [5.41, 5.74) is -0.793. The van der Waals surface area contributed by atoms with Gasteiger partial charge in [-0.3, -0.25) is 19.9 Å². The minimum Gasteiger partial charge on any atom is -0.268 e. The van der Waals surface area contributed by atoms with Crippen LogP contribution in [0.15, 0.2) is 23.1 Å². The molecule has 0 aromatic heterocycles. The summed E-state index contributed by atoms with van der Waals surface area (Å²) in [5.74, 6) is -0.872. The van der Waals surface area contributed by atoms with Gasteiger partial charge in [0.25, 0.3) is 11.6 Å². The minimum absolute atomic E-state index is 0.0392. The molecule has 144 valence electrons. The summed E-state index contributed by atoms with van der Waals surface area (Å²) in [7, 11) is -3.98. The van der Waals surface area contributed by atoms with E-state index in [1.165, 1.54) is 16.1 Å². The number of hydrogen-bond acceptors (Lipinski definition) is 8. The van der Waals surface area contributed by atoms with Crippen LogP contribution in [0, 0.1) is 10.1 Å². The summed E-state index contributed by atoms with van der Waals surface area (Å²) < 4.78 is 46.8. The van der Waals surface area contributed by atoms with E-state index in [-0.39, 0.29) is 23.5 Å². The predicted octanol–water partition coefficient (Wildman–Crippen LogP) is 0.104. The molecule has 0 bridgehead atoms. The molecule has 0 aliphatic carbocycles. The lowest BCUT2D eigenvalue weighted by Gasteiger charge is -2.33. The third-order valence-electron chi connectivity index (χ3n) is 4.00. The molecule has 2 rings (SSSR count). The van der Waals surface area contributed by atoms with Crippen LogP contribution in [0.25, 0.3) is 0 Å². The molecule has 1 heterocycles. The highest BCUT2D eigenvalue weighted by atomic mass is 32.2. The van der Waals surface area contributed by atoms with Crippen LogP contribution in [0.2, 0.25) is 0 Å². The Balaban J connectivity index is 2.47. The number of carbonyl (C=O) groups excluding carboxylic acids is 1. The summed E-state index contributed by atoms with van der Waals surface area (Å²) in [6.07, 6.45) is 1.10. The summed E-state index contributed by atoms with van der Waals surface area (Å²) in [4.78, 5) is 22.7. The maximum absolute atomic E-state index is 12.8. The number of hydrazine groups is 1. The van der Waals surface area contributed by atoms with E-state index in [2.05, 4.69) is 0 Å². The van der Waals surface area contributed by atoms with Crippen LogP contribution in [-0.2, 0) is 19.7 Å². The lowest BCUT2D eigenvalue weighted by molar-refractivity contribution is -0.387. The minimum atomic E-state index is -3.84. The standard InChI is InChI=1S/C14H19N3O7S2/c1-15(2)16(11-6-7-26(23,24)9-11)14(18)10-4-5-13(25(3,21)22)12(8-10)17(19)20/h4-5,8,11H,6-7,9H2,1-3H3/t11-/m0/s1. The van der Waals surface area contributed by atoms with E-state index in [0.717, 1.165) is 18.4 Å². The lowest BCUT2D eigenvalue weighted by Crippen LogP contribution is -2.49. The average molecular weight is 405 g/mol. The SMILES string of the molecule is CN(C)N(C(=O)c1ccc(S(C)(=O)=O)c([N+](=O)[O-])c1)[C@H]1CCS(=O)(=O)C1. The highest BCUT2D eigenvalue weighted by Crippen LogP contribution is 2.27. The van der Waals surface area contributed by atoms with Gasteiger partial charge in [-0.1, -0.05) is 0 Å². The predicted molar refractivity (Wildman–Crippen MR) is 93.1 cm³/mol. The van der Waals surface area contributed by atoms with E-state index in [4.69, 9.17) is 0 Å². The van der Waals surface area contributed by atoms with Gasteiger partial charge in [-0.2, -0.15) is 0 Å². The van der Waals surface area contributed by atoms with Gasteiger partial charge in [0, 0.05) is 32.0 Å². The normalized spacial score (nSPS) is 19.5. The number of rotatable bonds is 5. The highest BCUT2D eigenvalue weighted by molar-refractivity contribution is 7.91. The van der Waals surface area contributed by atoms with Gasteiger partial charge < -0.3 is 0 Å². The molecule has 10 nitrogen and oxygen atoms in total. The van der Waals surface area contributed by atoms with Gasteiger partial charge in [-0.25, -0.2) is 21.8 Å². The van der Waals surface area contributed by atoms with Crippen LogP contribution in [0.1, 0.15) is 16.8 Å². The number of amides is 1. The van der Waals surface area contributed by atoms with Crippen molar-refractivity contribution in [2.75, 3.05) is 31.9 Å². The number of nitro benzene ring substituents is 1. The second-order valence-corrected chi connectivity index (χ2v) is 10.5. The van der Waals surface area contributed by atoms with Gasteiger partial charge in [0.2, 0.25) is 0 Å². The summed E-state index contributed by atoms with van der Waals surface area (Å²) in [6, 6.07) is 2.51. The largest absolute Gasteiger partial charge is 0.288 e. The molecular formula is C14H19N3O7S2. The fourth-order valence-electron chi connectivity index (χ4n) is 2.88. The molecule has 1 aromatic rings. The number of carbonyl (C=O) groups is 1. The Kier molecular flexibility index (Phi) is 5.40. The smallest absolute Gasteiger partial charge is 0.268 e. The van der Waals surface area contributed by atoms with E-state index in [1.54, 1.807) is 14.1 Å². The molecule has 0 N–H and O–H groups in total. The zero-order chi connectivity index (χ0) is 19.9. The zero-order valence-corrected chi connectivity index (χ0v) is 16.1. The maximum Gasteiger partial charge on any atom is 0.288 e. The van der Waals surface area contributed by atoms with E-state index in [9.17, 15) is 31.7 Å². The first-order valence-electron chi connectivity index (χ1n) is 7.53. The molecule has 1 saturated heterocycles. The molecule has 1 aromatic carbocycles. The lowest BCUT2D eigenvalue weighted by atomic mass is 10.1. The summed E-state index contributed by atoms with van der Waals surface area (Å²) in [6.45, 7) is 0. The quantitative estimate of drug-likeness (QED) is 0.497. The van der Waals surface area contributed by atoms with E-state index in [1.807, 2.05) is 0 Å². The van der Waals surface area contributed by atoms with E-state index >= 15 is 0 Å². The first-order chi connectivity index (χ1) is 11.8. The molecule has 1 amide bonds. The Bertz CT molecular complexity index is 955. The van der Waals surface area contributed by atoms with Gasteiger partial charge in [-0.05, 0) is 18.6 Å². The Morgan fingerprint density at radius 3 is 2.35 bits per heavy atom. The van der Waals surface area contributed by atoms with E-state index < -0.39 is 47.1 Å². The number of benzene rings is 1. The molecule has 0 spiro atoms. The van der Waals surface area contributed by atoms with Crippen LogP contribution >= 0.6 is 0 Å². The first kappa shape index (κ1) is 20.3. The summed E-state index contributed by atoms with van der Waals surface area (Å²) in [5, 5.41) is 13.9. The molecule has 1 atom stereocenters. The Morgan fingerprint density at radius 1 is 1.31 bits per heavy atom. The topological polar surface area (TPSA) is 135 Å². The molecule has 0 unspecified atom stereocenters. The monoisotopic (exact) mass is 405 g/mol. The van der Waals surface area contributed by atoms with Crippen molar-refractivity contribution in [1.29, 1.82) is 0 Å². The maximum atomic E-state index is 12.8. The Labute approximate surface area is 151 Å². The molecule has 0 saturated carbocycles. The Hall–Kier alpha value is -2.05. The van der Waals surface area contributed by atoms with Crippen LogP contribution in [0.3, 0.4) is 0 Å². The van der Waals surface area contributed by atoms with Crippen LogP contribution in [0.5, 0.6) is 0 Å². The number of nitro groups is 1. The average Bonchev–Trinajstić information content (AvgIpc) is 2.85. The van der Waals surface area contributed by atoms with Crippen molar-refractivity contribution in [1.82, 2.24) is 10.0 Å². The molecule has 26 heavy (non-hydrogen) atoms. The van der Waals surface area contributed by atoms with Crippen molar-refractivity contribution in [2.24, 2.45) is 0 Å². The molecular weight excluding hydrogens is 386 g/mol. The number of hydrogen-bond donors (Lipinski definition) is 0. The molecule has 1 aliphatic heterocycles. The van der Waals surface area contributed by atoms with Gasteiger partial charge >= 0.3 is 0 Å². The van der Waals surface area contributed by atoms with Gasteiger partial charge in [-0.15, -0.1) is 0 Å². The van der Waals surface area contributed by atoms with Crippen molar-refractivity contribution in [3.05, 3.63) is 33.9 Å². The number of nitrogens with zero attached hydrogens (tertiary/aromatic N) is 3. The van der Waals surface area contributed by atoms with Crippen molar-refractivity contribution in [2.45, 2.75) is 17.4 Å². The van der Waals surface area contributed by atoms with Gasteiger partial charge in [0.1, 0.15) is 4.90 Å². The molecule has 12 heteroatoms. The van der Waals surface area contributed by atoms with E-state index in [0.29, 0.717) is 0 Å². The van der Waals surface area contributed by atoms with Crippen molar-refractivity contribution in [3.63, 3.8) is 0 Å². The Morgan fingerprint density at radius 2 is 1.92 bits per heavy atom. The van der Waals surface area contributed by atoms with Gasteiger partial charge in [0.05, 0.1) is 22.5 Å². The molecule has 0 radical (unpaired) electrons. The third-order valence-corrected chi connectivity index (χ3v) is 6.89. The third kappa shape index (κ3) is 4.19. The molecule has 1 fully saturated rings. The van der Waals surface area contributed by atoms with Crippen LogP contribution in [0.4, 0.5) is 5.69 Å². The zero-order valence-electron chi connectivity index (χ0n) is 14.4. The van der Waals surface area contributed by atoms with Crippen molar-refractivity contribution in [3.8, 4) is 0 Å². The summed E-state index contributed by atoms with van der Waals surface area (Å²) >= 11 is 0. The second-order valence-electron chi connectivity index (χ2n) is 6.27. The van der Waals surface area contributed by atoms with Crippen LogP contribution < -0.4 is 0 Å².